The van der Waals surface area contributed by atoms with Crippen molar-refractivity contribution < 1.29 is 4.79 Å². The number of ketones is 1. The van der Waals surface area contributed by atoms with Crippen LogP contribution < -0.4 is 0 Å². The van der Waals surface area contributed by atoms with Gasteiger partial charge in [-0.05, 0) is 85.3 Å². The van der Waals surface area contributed by atoms with E-state index in [2.05, 4.69) is 61.0 Å². The highest BCUT2D eigenvalue weighted by Crippen LogP contribution is 2.66. The van der Waals surface area contributed by atoms with Gasteiger partial charge in [-0.3, -0.25) is 4.79 Å². The van der Waals surface area contributed by atoms with E-state index in [4.69, 9.17) is 0 Å². The van der Waals surface area contributed by atoms with E-state index in [1.807, 2.05) is 6.08 Å². The average molecular weight is 386 g/mol. The van der Waals surface area contributed by atoms with Crippen molar-refractivity contribution in [1.29, 1.82) is 0 Å². The second-order valence-electron chi connectivity index (χ2n) is 10.5. The van der Waals surface area contributed by atoms with Crippen molar-refractivity contribution in [2.24, 2.45) is 28.6 Å². The third kappa shape index (κ3) is 2.32. The lowest BCUT2D eigenvalue weighted by Crippen LogP contribution is -2.50. The van der Waals surface area contributed by atoms with Crippen molar-refractivity contribution in [3.63, 3.8) is 0 Å². The van der Waals surface area contributed by atoms with Gasteiger partial charge in [-0.25, -0.2) is 0 Å². The van der Waals surface area contributed by atoms with Gasteiger partial charge in [-0.2, -0.15) is 0 Å². The number of hydrogen-bond donors (Lipinski definition) is 0. The maximum atomic E-state index is 12.0. The Kier molecular flexibility index (Phi) is 3.65. The minimum Gasteiger partial charge on any atom is -0.320 e. The van der Waals surface area contributed by atoms with Crippen LogP contribution in [0, 0.1) is 28.6 Å². The summed E-state index contributed by atoms with van der Waals surface area (Å²) in [7, 11) is 0. The van der Waals surface area contributed by atoms with E-state index in [0.717, 1.165) is 37.0 Å². The largest absolute Gasteiger partial charge is 0.320 e. The van der Waals surface area contributed by atoms with E-state index in [-0.39, 0.29) is 10.8 Å². The summed E-state index contributed by atoms with van der Waals surface area (Å²) in [6.45, 7) is 5.02. The smallest absolute Gasteiger partial charge is 0.155 e. The number of aromatic nitrogens is 1. The van der Waals surface area contributed by atoms with Crippen molar-refractivity contribution >= 4 is 22.4 Å². The number of benzene rings is 1. The number of allylic oxidation sites excluding steroid dienone is 4. The summed E-state index contributed by atoms with van der Waals surface area (Å²) in [4.78, 5) is 12.0. The highest BCUT2D eigenvalue weighted by Gasteiger charge is 2.57. The zero-order valence-corrected chi connectivity index (χ0v) is 17.7. The molecule has 2 saturated carbocycles. The molecular weight excluding hydrogens is 354 g/mol. The first-order valence-corrected chi connectivity index (χ1v) is 11.5. The summed E-state index contributed by atoms with van der Waals surface area (Å²) < 4.78 is 2.48. The number of carbonyl (C=O) groups is 1. The van der Waals surface area contributed by atoms with Crippen LogP contribution in [0.1, 0.15) is 58.8 Å². The molecule has 6 rings (SSSR count). The summed E-state index contributed by atoms with van der Waals surface area (Å²) in [5.41, 5.74) is 4.88. The van der Waals surface area contributed by atoms with Crippen LogP contribution in [0.5, 0.6) is 0 Å². The van der Waals surface area contributed by atoms with Crippen LogP contribution in [0.3, 0.4) is 0 Å². The normalized spacial score (nSPS) is 38.8. The molecule has 3 unspecified atom stereocenters. The Morgan fingerprint density at radius 3 is 2.72 bits per heavy atom. The van der Waals surface area contributed by atoms with Crippen LogP contribution >= 0.6 is 0 Å². The Morgan fingerprint density at radius 1 is 0.966 bits per heavy atom. The van der Waals surface area contributed by atoms with Gasteiger partial charge in [0.25, 0.3) is 0 Å². The number of para-hydroxylation sites is 1. The Bertz CT molecular complexity index is 1070. The van der Waals surface area contributed by atoms with Gasteiger partial charge in [0.15, 0.2) is 5.78 Å². The highest BCUT2D eigenvalue weighted by molar-refractivity contribution is 5.91. The lowest BCUT2D eigenvalue weighted by molar-refractivity contribution is -0.117. The van der Waals surface area contributed by atoms with Crippen molar-refractivity contribution in [2.75, 3.05) is 0 Å². The summed E-state index contributed by atoms with van der Waals surface area (Å²) in [5.74, 6) is 2.65. The number of fused-ring (bicyclic) bond motifs is 6. The maximum Gasteiger partial charge on any atom is 0.155 e. The first kappa shape index (κ1) is 17.7. The molecule has 0 bridgehead atoms. The molecule has 1 aromatic carbocycles. The molecule has 1 aromatic heterocycles. The lowest BCUT2D eigenvalue weighted by Gasteiger charge is -2.57. The topological polar surface area (TPSA) is 22.0 Å². The highest BCUT2D eigenvalue weighted by atomic mass is 16.1. The third-order valence-corrected chi connectivity index (χ3v) is 9.36. The minimum absolute atomic E-state index is 0.265. The van der Waals surface area contributed by atoms with Gasteiger partial charge < -0.3 is 4.57 Å². The predicted molar refractivity (Wildman–Crippen MR) is 118 cm³/mol. The molecule has 2 nitrogen and oxygen atoms in total. The molecule has 0 aliphatic heterocycles. The lowest BCUT2D eigenvalue weighted by atomic mass is 9.47. The fraction of sp³-hybridized carbons (Fsp3) is 0.519. The molecule has 29 heavy (non-hydrogen) atoms. The molecule has 0 radical (unpaired) electrons. The maximum absolute atomic E-state index is 12.0. The molecule has 2 heteroatoms. The van der Waals surface area contributed by atoms with Gasteiger partial charge in [-0.15, -0.1) is 0 Å². The standard InChI is InChI=1S/C27H31NO/c1-26-14-11-20(29)17-19(26)7-8-21-22-9-10-25(27(22,2)15-12-23(21)26)28-16-13-18-5-3-4-6-24(18)28/h3-6,10,13,16-17,21-23H,7-9,11-12,14-15H2,1-2H3/t21?,22?,23?,26-,27-/m0/s1. The van der Waals surface area contributed by atoms with E-state index in [1.165, 1.54) is 47.9 Å². The Balaban J connectivity index is 1.37. The molecule has 2 aromatic rings. The zero-order valence-electron chi connectivity index (χ0n) is 17.7. The van der Waals surface area contributed by atoms with Crippen LogP contribution in [0.4, 0.5) is 0 Å². The summed E-state index contributed by atoms with van der Waals surface area (Å²) in [6, 6.07) is 11.0. The quantitative estimate of drug-likeness (QED) is 0.540. The number of carbonyl (C=O) groups excluding carboxylic acids is 1. The second kappa shape index (κ2) is 5.97. The first-order chi connectivity index (χ1) is 14.0. The van der Waals surface area contributed by atoms with Crippen LogP contribution in [-0.4, -0.2) is 10.4 Å². The number of hydrogen-bond acceptors (Lipinski definition) is 1. The van der Waals surface area contributed by atoms with Crippen molar-refractivity contribution in [2.45, 2.75) is 58.8 Å². The van der Waals surface area contributed by atoms with Gasteiger partial charge in [0.05, 0.1) is 5.52 Å². The summed E-state index contributed by atoms with van der Waals surface area (Å²) in [6.07, 6.45) is 14.9. The van der Waals surface area contributed by atoms with E-state index in [9.17, 15) is 4.79 Å². The van der Waals surface area contributed by atoms with Crippen LogP contribution in [0.15, 0.2) is 54.3 Å². The molecule has 150 valence electrons. The van der Waals surface area contributed by atoms with Gasteiger partial charge in [-0.1, -0.05) is 43.7 Å². The first-order valence-electron chi connectivity index (χ1n) is 11.5. The molecule has 5 atom stereocenters. The van der Waals surface area contributed by atoms with E-state index >= 15 is 0 Å². The van der Waals surface area contributed by atoms with Crippen molar-refractivity contribution in [3.05, 3.63) is 54.3 Å². The Labute approximate surface area is 173 Å². The average Bonchev–Trinajstić information content (AvgIpc) is 3.29. The Morgan fingerprint density at radius 2 is 1.83 bits per heavy atom. The van der Waals surface area contributed by atoms with Gasteiger partial charge in [0.1, 0.15) is 0 Å². The van der Waals surface area contributed by atoms with E-state index < -0.39 is 0 Å². The molecule has 0 saturated heterocycles. The van der Waals surface area contributed by atoms with E-state index in [0.29, 0.717) is 5.78 Å². The van der Waals surface area contributed by atoms with Crippen molar-refractivity contribution in [3.8, 4) is 0 Å². The predicted octanol–water partition coefficient (Wildman–Crippen LogP) is 6.62. The summed E-state index contributed by atoms with van der Waals surface area (Å²) in [5, 5.41) is 1.33. The molecular formula is C27H31NO. The Hall–Kier alpha value is -2.09. The summed E-state index contributed by atoms with van der Waals surface area (Å²) >= 11 is 0. The monoisotopic (exact) mass is 385 g/mol. The fourth-order valence-electron chi connectivity index (χ4n) is 7.77. The molecule has 0 N–H and O–H groups in total. The minimum atomic E-state index is 0.265. The van der Waals surface area contributed by atoms with E-state index in [1.54, 1.807) is 0 Å². The van der Waals surface area contributed by atoms with Crippen LogP contribution in [-0.2, 0) is 4.79 Å². The van der Waals surface area contributed by atoms with Crippen LogP contribution in [0.2, 0.25) is 0 Å². The van der Waals surface area contributed by atoms with Gasteiger partial charge >= 0.3 is 0 Å². The fourth-order valence-corrected chi connectivity index (χ4v) is 7.77. The number of rotatable bonds is 1. The molecule has 0 spiro atoms. The van der Waals surface area contributed by atoms with Gasteiger partial charge in [0.2, 0.25) is 0 Å². The molecule has 1 heterocycles. The van der Waals surface area contributed by atoms with Gasteiger partial charge in [0, 0.05) is 23.7 Å². The van der Waals surface area contributed by atoms with Crippen molar-refractivity contribution in [1.82, 2.24) is 4.57 Å². The van der Waals surface area contributed by atoms with Crippen LogP contribution in [0.25, 0.3) is 16.6 Å². The molecule has 2 fully saturated rings. The number of nitrogens with zero attached hydrogens (tertiary/aromatic N) is 1. The third-order valence-electron chi connectivity index (χ3n) is 9.36. The SMILES string of the molecule is C[C@]12CCC(=O)C=C1CCC1C2CC[C@]2(C)C(n3ccc4ccccc43)=CCC12. The second-order valence-corrected chi connectivity index (χ2v) is 10.5. The molecule has 4 aliphatic rings. The zero-order chi connectivity index (χ0) is 19.8. The molecule has 4 aliphatic carbocycles. The molecule has 0 amide bonds.